The molecule has 0 saturated carbocycles. The Hall–Kier alpha value is -1.44. The highest BCUT2D eigenvalue weighted by Crippen LogP contribution is 2.25. The van der Waals surface area contributed by atoms with Crippen molar-refractivity contribution in [2.75, 3.05) is 32.4 Å². The number of para-hydroxylation sites is 2. The van der Waals surface area contributed by atoms with E-state index in [1.165, 1.54) is 19.1 Å². The van der Waals surface area contributed by atoms with Gasteiger partial charge in [-0.15, -0.1) is 0 Å². The van der Waals surface area contributed by atoms with Crippen molar-refractivity contribution in [2.45, 2.75) is 38.8 Å². The number of nitrogens with zero attached hydrogens (tertiary/aromatic N) is 4. The van der Waals surface area contributed by atoms with Crippen LogP contribution in [0.1, 0.15) is 31.5 Å². The Morgan fingerprint density at radius 1 is 1.12 bits per heavy atom. The third-order valence-electron chi connectivity index (χ3n) is 5.69. The molecule has 2 saturated heterocycles. The van der Waals surface area contributed by atoms with Crippen molar-refractivity contribution in [2.24, 2.45) is 5.92 Å². The van der Waals surface area contributed by atoms with E-state index in [1.807, 2.05) is 6.07 Å². The van der Waals surface area contributed by atoms with E-state index < -0.39 is 10.0 Å². The van der Waals surface area contributed by atoms with E-state index in [-0.39, 0.29) is 0 Å². The second-order valence-corrected chi connectivity index (χ2v) is 9.72. The first-order valence-electron chi connectivity index (χ1n) is 9.62. The Morgan fingerprint density at radius 3 is 2.65 bits per heavy atom. The average molecular weight is 377 g/mol. The van der Waals surface area contributed by atoms with Crippen LogP contribution in [-0.4, -0.2) is 59.6 Å². The molecule has 0 aliphatic carbocycles. The number of hydrogen-bond acceptors (Lipinski definition) is 4. The first-order valence-corrected chi connectivity index (χ1v) is 11.5. The molecule has 1 unspecified atom stereocenters. The fourth-order valence-corrected chi connectivity index (χ4v) is 5.27. The predicted molar refractivity (Wildman–Crippen MR) is 103 cm³/mol. The standard InChI is InChI=1S/C19H28N4O2S/c1-26(24,25)22-12-6-7-16(13-22)14-23-18-9-3-2-8-17(18)20-19(23)15-21-10-4-5-11-21/h2-3,8-9,16H,4-7,10-15H2,1H3. The molecule has 1 atom stereocenters. The molecule has 142 valence electrons. The third kappa shape index (κ3) is 3.80. The summed E-state index contributed by atoms with van der Waals surface area (Å²) in [7, 11) is -3.11. The molecule has 0 bridgehead atoms. The highest BCUT2D eigenvalue weighted by molar-refractivity contribution is 7.88. The summed E-state index contributed by atoms with van der Waals surface area (Å²) in [6.45, 7) is 5.30. The Labute approximate surface area is 155 Å². The van der Waals surface area contributed by atoms with Crippen molar-refractivity contribution in [3.05, 3.63) is 30.1 Å². The number of benzene rings is 1. The van der Waals surface area contributed by atoms with E-state index in [9.17, 15) is 8.42 Å². The van der Waals surface area contributed by atoms with E-state index in [0.29, 0.717) is 19.0 Å². The first kappa shape index (κ1) is 17.9. The number of rotatable bonds is 5. The zero-order valence-electron chi connectivity index (χ0n) is 15.5. The Morgan fingerprint density at radius 2 is 1.88 bits per heavy atom. The molecule has 26 heavy (non-hydrogen) atoms. The number of likely N-dealkylation sites (tertiary alicyclic amines) is 1. The maximum Gasteiger partial charge on any atom is 0.211 e. The zero-order chi connectivity index (χ0) is 18.1. The smallest absolute Gasteiger partial charge is 0.211 e. The lowest BCUT2D eigenvalue weighted by atomic mass is 9.99. The lowest BCUT2D eigenvalue weighted by Gasteiger charge is -2.31. The molecular weight excluding hydrogens is 348 g/mol. The van der Waals surface area contributed by atoms with Gasteiger partial charge in [0.2, 0.25) is 10.0 Å². The number of imidazole rings is 1. The molecule has 2 aliphatic heterocycles. The third-order valence-corrected chi connectivity index (χ3v) is 6.96. The minimum Gasteiger partial charge on any atom is -0.327 e. The number of piperidine rings is 1. The van der Waals surface area contributed by atoms with Crippen LogP contribution in [0.4, 0.5) is 0 Å². The number of aromatic nitrogens is 2. The van der Waals surface area contributed by atoms with E-state index in [0.717, 1.165) is 55.9 Å². The molecule has 0 radical (unpaired) electrons. The quantitative estimate of drug-likeness (QED) is 0.803. The van der Waals surface area contributed by atoms with Crippen LogP contribution in [0, 0.1) is 5.92 Å². The highest BCUT2D eigenvalue weighted by Gasteiger charge is 2.27. The highest BCUT2D eigenvalue weighted by atomic mass is 32.2. The minimum atomic E-state index is -3.11. The number of fused-ring (bicyclic) bond motifs is 1. The van der Waals surface area contributed by atoms with Gasteiger partial charge in [-0.05, 0) is 56.8 Å². The zero-order valence-corrected chi connectivity index (χ0v) is 16.3. The summed E-state index contributed by atoms with van der Waals surface area (Å²) in [4.78, 5) is 7.37. The second-order valence-electron chi connectivity index (χ2n) is 7.74. The van der Waals surface area contributed by atoms with E-state index in [4.69, 9.17) is 4.98 Å². The molecule has 6 nitrogen and oxygen atoms in total. The van der Waals surface area contributed by atoms with Crippen molar-refractivity contribution in [3.63, 3.8) is 0 Å². The van der Waals surface area contributed by atoms with Crippen LogP contribution in [-0.2, 0) is 23.1 Å². The number of sulfonamides is 1. The molecule has 2 aliphatic rings. The predicted octanol–water partition coefficient (Wildman–Crippen LogP) is 2.30. The van der Waals surface area contributed by atoms with Gasteiger partial charge in [0.15, 0.2) is 0 Å². The summed E-state index contributed by atoms with van der Waals surface area (Å²) in [5, 5.41) is 0. The fraction of sp³-hybridized carbons (Fsp3) is 0.632. The van der Waals surface area contributed by atoms with Crippen molar-refractivity contribution in [1.29, 1.82) is 0 Å². The minimum absolute atomic E-state index is 0.341. The van der Waals surface area contributed by atoms with Gasteiger partial charge in [-0.25, -0.2) is 17.7 Å². The first-order chi connectivity index (χ1) is 12.5. The Balaban J connectivity index is 1.60. The Bertz CT molecular complexity index is 871. The summed E-state index contributed by atoms with van der Waals surface area (Å²) in [6, 6.07) is 8.30. The second kappa shape index (κ2) is 7.29. The van der Waals surface area contributed by atoms with Crippen molar-refractivity contribution >= 4 is 21.1 Å². The van der Waals surface area contributed by atoms with Gasteiger partial charge in [0.25, 0.3) is 0 Å². The fourth-order valence-electron chi connectivity index (χ4n) is 4.33. The molecule has 2 aromatic rings. The van der Waals surface area contributed by atoms with Crippen LogP contribution in [0.25, 0.3) is 11.0 Å². The summed E-state index contributed by atoms with van der Waals surface area (Å²) in [6.07, 6.45) is 5.87. The van der Waals surface area contributed by atoms with Crippen molar-refractivity contribution < 1.29 is 8.42 Å². The molecule has 2 fully saturated rings. The summed E-state index contributed by atoms with van der Waals surface area (Å²) in [5.74, 6) is 1.46. The molecule has 0 amide bonds. The van der Waals surface area contributed by atoms with Crippen LogP contribution in [0.15, 0.2) is 24.3 Å². The maximum atomic E-state index is 11.9. The van der Waals surface area contributed by atoms with Crippen LogP contribution >= 0.6 is 0 Å². The Kier molecular flexibility index (Phi) is 5.03. The van der Waals surface area contributed by atoms with Crippen LogP contribution in [0.2, 0.25) is 0 Å². The topological polar surface area (TPSA) is 58.4 Å². The van der Waals surface area contributed by atoms with E-state index in [2.05, 4.69) is 27.7 Å². The molecular formula is C19H28N4O2S. The molecule has 7 heteroatoms. The molecule has 3 heterocycles. The van der Waals surface area contributed by atoms with Gasteiger partial charge in [0.05, 0.1) is 23.8 Å². The van der Waals surface area contributed by atoms with Gasteiger partial charge in [0, 0.05) is 19.6 Å². The van der Waals surface area contributed by atoms with Gasteiger partial charge in [-0.2, -0.15) is 0 Å². The van der Waals surface area contributed by atoms with Gasteiger partial charge in [0.1, 0.15) is 5.82 Å². The van der Waals surface area contributed by atoms with Crippen molar-refractivity contribution in [3.8, 4) is 0 Å². The summed E-state index contributed by atoms with van der Waals surface area (Å²) < 4.78 is 27.9. The average Bonchev–Trinajstić information content (AvgIpc) is 3.24. The van der Waals surface area contributed by atoms with Crippen molar-refractivity contribution in [1.82, 2.24) is 18.8 Å². The molecule has 1 aromatic heterocycles. The van der Waals surface area contributed by atoms with Crippen LogP contribution in [0.5, 0.6) is 0 Å². The molecule has 1 aromatic carbocycles. The van der Waals surface area contributed by atoms with E-state index >= 15 is 0 Å². The monoisotopic (exact) mass is 376 g/mol. The maximum absolute atomic E-state index is 11.9. The van der Waals surface area contributed by atoms with Gasteiger partial charge in [-0.1, -0.05) is 12.1 Å². The van der Waals surface area contributed by atoms with Gasteiger partial charge >= 0.3 is 0 Å². The lowest BCUT2D eigenvalue weighted by Crippen LogP contribution is -2.40. The number of hydrogen-bond donors (Lipinski definition) is 0. The van der Waals surface area contributed by atoms with E-state index in [1.54, 1.807) is 4.31 Å². The SMILES string of the molecule is CS(=O)(=O)N1CCCC(Cn2c(CN3CCCC3)nc3ccccc32)C1. The molecule has 0 spiro atoms. The van der Waals surface area contributed by atoms with Crippen LogP contribution < -0.4 is 0 Å². The normalized spacial score (nSPS) is 23.0. The van der Waals surface area contributed by atoms with Gasteiger partial charge in [-0.3, -0.25) is 4.90 Å². The largest absolute Gasteiger partial charge is 0.327 e. The molecule has 0 N–H and O–H groups in total. The summed E-state index contributed by atoms with van der Waals surface area (Å²) >= 11 is 0. The summed E-state index contributed by atoms with van der Waals surface area (Å²) in [5.41, 5.74) is 2.20. The van der Waals surface area contributed by atoms with Crippen LogP contribution in [0.3, 0.4) is 0 Å². The lowest BCUT2D eigenvalue weighted by molar-refractivity contribution is 0.242. The van der Waals surface area contributed by atoms with Gasteiger partial charge < -0.3 is 4.57 Å². The molecule has 4 rings (SSSR count).